The summed E-state index contributed by atoms with van der Waals surface area (Å²) in [5.41, 5.74) is 3.61. The number of carbonyl (C=O) groups is 1. The summed E-state index contributed by atoms with van der Waals surface area (Å²) in [6.45, 7) is 3.02. The number of nitrogens with one attached hydrogen (secondary N) is 2. The molecule has 0 radical (unpaired) electrons. The van der Waals surface area contributed by atoms with Gasteiger partial charge in [0.05, 0.1) is 11.3 Å². The van der Waals surface area contributed by atoms with Crippen LogP contribution in [0.3, 0.4) is 0 Å². The third kappa shape index (κ3) is 3.87. The summed E-state index contributed by atoms with van der Waals surface area (Å²) >= 11 is 5.93. The smallest absolute Gasteiger partial charge is 0.253 e. The molecule has 1 aromatic rings. The van der Waals surface area contributed by atoms with Gasteiger partial charge < -0.3 is 10.7 Å². The average molecular weight is 296 g/mol. The molecule has 0 spiro atoms. The highest BCUT2D eigenvalue weighted by Gasteiger charge is 2.19. The van der Waals surface area contributed by atoms with Gasteiger partial charge in [0.15, 0.2) is 0 Å². The second kappa shape index (κ2) is 6.95. The average Bonchev–Trinajstić information content (AvgIpc) is 2.46. The minimum Gasteiger partial charge on any atom is -0.352 e. The van der Waals surface area contributed by atoms with Crippen LogP contribution < -0.4 is 16.6 Å². The molecule has 1 aliphatic carbocycles. The molecule has 2 rings (SSSR count). The summed E-state index contributed by atoms with van der Waals surface area (Å²) in [7, 11) is 0. The molecule has 1 amide bonds. The fourth-order valence-electron chi connectivity index (χ4n) is 2.70. The number of rotatable bonds is 4. The van der Waals surface area contributed by atoms with Crippen LogP contribution in [0, 0.1) is 11.8 Å². The number of nitrogen functional groups attached to an aromatic ring is 1. The Labute approximate surface area is 125 Å². The van der Waals surface area contributed by atoms with Crippen LogP contribution >= 0.6 is 11.6 Å². The second-order valence-corrected chi connectivity index (χ2v) is 6.11. The van der Waals surface area contributed by atoms with Crippen LogP contribution in [0.25, 0.3) is 0 Å². The van der Waals surface area contributed by atoms with Gasteiger partial charge in [0, 0.05) is 11.6 Å². The molecule has 0 atom stereocenters. The Kier molecular flexibility index (Phi) is 5.26. The summed E-state index contributed by atoms with van der Waals surface area (Å²) in [5, 5.41) is 3.52. The van der Waals surface area contributed by atoms with E-state index in [0.29, 0.717) is 22.2 Å². The number of hydrogen-bond acceptors (Lipinski definition) is 3. The largest absolute Gasteiger partial charge is 0.352 e. The predicted molar refractivity (Wildman–Crippen MR) is 82.7 cm³/mol. The van der Waals surface area contributed by atoms with Gasteiger partial charge in [-0.3, -0.25) is 10.6 Å². The number of hydrogen-bond donors (Lipinski definition) is 3. The Balaban J connectivity index is 1.93. The first kappa shape index (κ1) is 15.1. The number of carbonyl (C=O) groups excluding carboxylic acids is 1. The summed E-state index contributed by atoms with van der Waals surface area (Å²) in [6.07, 6.45) is 4.90. The Hall–Kier alpha value is -1.26. The van der Waals surface area contributed by atoms with Crippen LogP contribution in [0.2, 0.25) is 5.02 Å². The molecule has 1 fully saturated rings. The number of amides is 1. The van der Waals surface area contributed by atoms with E-state index < -0.39 is 0 Å². The van der Waals surface area contributed by atoms with Crippen molar-refractivity contribution in [2.45, 2.75) is 32.6 Å². The van der Waals surface area contributed by atoms with Crippen molar-refractivity contribution in [3.63, 3.8) is 0 Å². The monoisotopic (exact) mass is 295 g/mol. The summed E-state index contributed by atoms with van der Waals surface area (Å²) < 4.78 is 0. The molecule has 1 aliphatic rings. The molecule has 0 aliphatic heterocycles. The van der Waals surface area contributed by atoms with Crippen molar-refractivity contribution >= 4 is 23.2 Å². The Morgan fingerprint density at radius 1 is 1.35 bits per heavy atom. The molecule has 20 heavy (non-hydrogen) atoms. The highest BCUT2D eigenvalue weighted by molar-refractivity contribution is 6.31. The quantitative estimate of drug-likeness (QED) is 0.590. The standard InChI is InChI=1S/C15H22ClN3O/c1-10-2-4-11(5-3-10)9-18-15(20)13-8-12(16)6-7-14(13)19-17/h6-8,10-11,19H,2-5,9,17H2,1H3,(H,18,20). The Morgan fingerprint density at radius 2 is 2.05 bits per heavy atom. The van der Waals surface area contributed by atoms with Gasteiger partial charge in [-0.1, -0.05) is 31.4 Å². The van der Waals surface area contributed by atoms with Gasteiger partial charge in [0.25, 0.3) is 5.91 Å². The molecular formula is C15H22ClN3O. The van der Waals surface area contributed by atoms with Gasteiger partial charge >= 0.3 is 0 Å². The lowest BCUT2D eigenvalue weighted by Gasteiger charge is -2.26. The minimum atomic E-state index is -0.126. The zero-order chi connectivity index (χ0) is 14.5. The molecule has 4 N–H and O–H groups in total. The van der Waals surface area contributed by atoms with E-state index in [4.69, 9.17) is 17.4 Å². The van der Waals surface area contributed by atoms with E-state index in [1.807, 2.05) is 0 Å². The van der Waals surface area contributed by atoms with Crippen LogP contribution in [0.15, 0.2) is 18.2 Å². The first-order valence-corrected chi connectivity index (χ1v) is 7.52. The van der Waals surface area contributed by atoms with E-state index in [2.05, 4.69) is 17.7 Å². The van der Waals surface area contributed by atoms with E-state index in [1.165, 1.54) is 25.7 Å². The molecule has 4 nitrogen and oxygen atoms in total. The van der Waals surface area contributed by atoms with Gasteiger partial charge in [0.2, 0.25) is 0 Å². The fraction of sp³-hybridized carbons (Fsp3) is 0.533. The van der Waals surface area contributed by atoms with Crippen molar-refractivity contribution in [2.75, 3.05) is 12.0 Å². The van der Waals surface area contributed by atoms with Crippen LogP contribution in [0.1, 0.15) is 43.0 Å². The van der Waals surface area contributed by atoms with E-state index in [-0.39, 0.29) is 5.91 Å². The molecule has 110 valence electrons. The third-order valence-corrected chi connectivity index (χ3v) is 4.30. The molecule has 1 saturated carbocycles. The summed E-state index contributed by atoms with van der Waals surface area (Å²) in [6, 6.07) is 5.05. The molecule has 0 heterocycles. The maximum absolute atomic E-state index is 12.2. The van der Waals surface area contributed by atoms with Crippen molar-refractivity contribution < 1.29 is 4.79 Å². The number of benzene rings is 1. The molecule has 1 aromatic carbocycles. The zero-order valence-corrected chi connectivity index (χ0v) is 12.5. The van der Waals surface area contributed by atoms with Gasteiger partial charge in [0.1, 0.15) is 0 Å². The molecule has 5 heteroatoms. The highest BCUT2D eigenvalue weighted by atomic mass is 35.5. The number of anilines is 1. The molecule has 0 unspecified atom stereocenters. The van der Waals surface area contributed by atoms with Crippen LogP contribution in [0.4, 0.5) is 5.69 Å². The van der Waals surface area contributed by atoms with Crippen LogP contribution in [0.5, 0.6) is 0 Å². The lowest BCUT2D eigenvalue weighted by Crippen LogP contribution is -2.31. The zero-order valence-electron chi connectivity index (χ0n) is 11.8. The minimum absolute atomic E-state index is 0.126. The summed E-state index contributed by atoms with van der Waals surface area (Å²) in [5.74, 6) is 6.70. The van der Waals surface area contributed by atoms with Crippen molar-refractivity contribution in [1.82, 2.24) is 5.32 Å². The number of halogens is 1. The van der Waals surface area contributed by atoms with E-state index in [1.54, 1.807) is 18.2 Å². The summed E-state index contributed by atoms with van der Waals surface area (Å²) in [4.78, 5) is 12.2. The second-order valence-electron chi connectivity index (χ2n) is 5.67. The molecular weight excluding hydrogens is 274 g/mol. The SMILES string of the molecule is CC1CCC(CNC(=O)c2cc(Cl)ccc2NN)CC1. The van der Waals surface area contributed by atoms with Gasteiger partial charge in [-0.2, -0.15) is 0 Å². The normalized spacial score (nSPS) is 22.4. The van der Waals surface area contributed by atoms with Crippen LogP contribution in [-0.4, -0.2) is 12.5 Å². The molecule has 0 saturated heterocycles. The number of hydrazine groups is 1. The topological polar surface area (TPSA) is 67.2 Å². The van der Waals surface area contributed by atoms with Gasteiger partial charge in [-0.25, -0.2) is 0 Å². The van der Waals surface area contributed by atoms with Gasteiger partial charge in [-0.15, -0.1) is 0 Å². The van der Waals surface area contributed by atoms with E-state index in [9.17, 15) is 4.79 Å². The predicted octanol–water partition coefficient (Wildman–Crippen LogP) is 3.18. The highest BCUT2D eigenvalue weighted by Crippen LogP contribution is 2.28. The van der Waals surface area contributed by atoms with E-state index in [0.717, 1.165) is 12.5 Å². The third-order valence-electron chi connectivity index (χ3n) is 4.07. The Bertz CT molecular complexity index is 470. The van der Waals surface area contributed by atoms with Crippen molar-refractivity contribution in [2.24, 2.45) is 17.7 Å². The number of nitrogens with two attached hydrogens (primary N) is 1. The van der Waals surface area contributed by atoms with E-state index >= 15 is 0 Å². The maximum atomic E-state index is 12.2. The maximum Gasteiger partial charge on any atom is 0.253 e. The van der Waals surface area contributed by atoms with Crippen molar-refractivity contribution in [3.8, 4) is 0 Å². The lowest BCUT2D eigenvalue weighted by atomic mass is 9.83. The first-order chi connectivity index (χ1) is 9.60. The van der Waals surface area contributed by atoms with Crippen molar-refractivity contribution in [3.05, 3.63) is 28.8 Å². The van der Waals surface area contributed by atoms with Gasteiger partial charge in [-0.05, 0) is 42.9 Å². The molecule has 0 aromatic heterocycles. The van der Waals surface area contributed by atoms with Crippen molar-refractivity contribution in [1.29, 1.82) is 0 Å². The van der Waals surface area contributed by atoms with Crippen LogP contribution in [-0.2, 0) is 0 Å². The molecule has 0 bridgehead atoms. The first-order valence-electron chi connectivity index (χ1n) is 7.14. The Morgan fingerprint density at radius 3 is 2.70 bits per heavy atom. The lowest BCUT2D eigenvalue weighted by molar-refractivity contribution is 0.0942. The fourth-order valence-corrected chi connectivity index (χ4v) is 2.87.